The van der Waals surface area contributed by atoms with Crippen LogP contribution in [0.2, 0.25) is 10.0 Å². The lowest BCUT2D eigenvalue weighted by atomic mass is 9.99. The third-order valence-electron chi connectivity index (χ3n) is 5.57. The molecule has 4 aromatic rings. The molecule has 1 aliphatic heterocycles. The van der Waals surface area contributed by atoms with Crippen LogP contribution >= 0.6 is 34.5 Å². The van der Waals surface area contributed by atoms with Gasteiger partial charge in [0, 0.05) is 20.5 Å². The number of hydrogen-bond donors (Lipinski definition) is 0. The summed E-state index contributed by atoms with van der Waals surface area (Å²) in [6, 6.07) is 20.4. The predicted octanol–water partition coefficient (Wildman–Crippen LogP) is 7.06. The molecule has 0 atom stereocenters. The second-order valence-corrected chi connectivity index (χ2v) is 9.44. The molecule has 0 spiro atoms. The fourth-order valence-corrected chi connectivity index (χ4v) is 5.48. The van der Waals surface area contributed by atoms with Gasteiger partial charge in [-0.3, -0.25) is 14.4 Å². The van der Waals surface area contributed by atoms with Crippen LogP contribution in [0, 0.1) is 6.92 Å². The first-order valence-electron chi connectivity index (χ1n) is 10.0. The fourth-order valence-electron chi connectivity index (χ4n) is 3.92. The summed E-state index contributed by atoms with van der Waals surface area (Å²) in [5.74, 6) is -1.17. The van der Waals surface area contributed by atoms with Gasteiger partial charge in [0.1, 0.15) is 5.00 Å². The van der Waals surface area contributed by atoms with Crippen LogP contribution in [0.3, 0.4) is 0 Å². The zero-order chi connectivity index (χ0) is 23.3. The maximum absolute atomic E-state index is 13.6. The topological polar surface area (TPSA) is 54.5 Å². The molecule has 7 heteroatoms. The number of nitrogens with zero attached hydrogens (tertiary/aromatic N) is 1. The number of fused-ring (bicyclic) bond motifs is 1. The molecule has 0 unspecified atom stereocenters. The summed E-state index contributed by atoms with van der Waals surface area (Å²) in [7, 11) is 0. The Morgan fingerprint density at radius 1 is 0.788 bits per heavy atom. The number of ketones is 1. The molecule has 1 aliphatic rings. The maximum Gasteiger partial charge on any atom is 0.266 e. The lowest BCUT2D eigenvalue weighted by Gasteiger charge is -2.14. The average Bonchev–Trinajstić information content (AvgIpc) is 3.28. The van der Waals surface area contributed by atoms with Gasteiger partial charge in [0.2, 0.25) is 0 Å². The van der Waals surface area contributed by atoms with Gasteiger partial charge in [0.05, 0.1) is 16.7 Å². The van der Waals surface area contributed by atoms with Crippen molar-refractivity contribution < 1.29 is 14.4 Å². The second kappa shape index (κ2) is 8.27. The monoisotopic (exact) mass is 491 g/mol. The van der Waals surface area contributed by atoms with E-state index in [0.29, 0.717) is 42.9 Å². The first-order valence-corrected chi connectivity index (χ1v) is 11.6. The molecule has 162 valence electrons. The molecule has 5 rings (SSSR count). The highest BCUT2D eigenvalue weighted by molar-refractivity contribution is 7.20. The largest absolute Gasteiger partial charge is 0.288 e. The molecule has 0 radical (unpaired) electrons. The van der Waals surface area contributed by atoms with Crippen LogP contribution in [0.4, 0.5) is 5.00 Å². The minimum absolute atomic E-state index is 0.285. The standard InChI is InChI=1S/C26H15Cl2NO3S/c1-14-21(22(30)15-6-10-17(27)11-7-15)26(33-23(14)16-8-12-18(28)13-9-16)29-24(31)19-4-2-3-5-20(19)25(29)32/h2-13H,1H3. The Labute approximate surface area is 204 Å². The molecule has 33 heavy (non-hydrogen) atoms. The summed E-state index contributed by atoms with van der Waals surface area (Å²) >= 11 is 13.3. The smallest absolute Gasteiger partial charge is 0.266 e. The van der Waals surface area contributed by atoms with E-state index < -0.39 is 11.8 Å². The van der Waals surface area contributed by atoms with Gasteiger partial charge in [-0.2, -0.15) is 0 Å². The lowest BCUT2D eigenvalue weighted by Crippen LogP contribution is -2.30. The molecule has 4 nitrogen and oxygen atoms in total. The summed E-state index contributed by atoms with van der Waals surface area (Å²) < 4.78 is 0. The Morgan fingerprint density at radius 2 is 1.30 bits per heavy atom. The van der Waals surface area contributed by atoms with Crippen molar-refractivity contribution in [2.75, 3.05) is 4.90 Å². The highest BCUT2D eigenvalue weighted by Gasteiger charge is 2.40. The van der Waals surface area contributed by atoms with E-state index in [9.17, 15) is 14.4 Å². The number of carbonyl (C=O) groups is 3. The minimum atomic E-state index is -0.440. The number of carbonyl (C=O) groups excluding carboxylic acids is 3. The van der Waals surface area contributed by atoms with Crippen LogP contribution in [-0.2, 0) is 0 Å². The summed E-state index contributed by atoms with van der Waals surface area (Å²) in [5, 5.41) is 1.41. The summed E-state index contributed by atoms with van der Waals surface area (Å²) in [6.07, 6.45) is 0. The first kappa shape index (κ1) is 21.6. The molecule has 3 aromatic carbocycles. The Morgan fingerprint density at radius 3 is 1.85 bits per heavy atom. The molecule has 1 aromatic heterocycles. The van der Waals surface area contributed by atoms with Crippen molar-refractivity contribution in [2.45, 2.75) is 6.92 Å². The summed E-state index contributed by atoms with van der Waals surface area (Å²) in [5.41, 5.74) is 2.92. The summed E-state index contributed by atoms with van der Waals surface area (Å²) in [4.78, 5) is 42.0. The minimum Gasteiger partial charge on any atom is -0.288 e. The van der Waals surface area contributed by atoms with E-state index >= 15 is 0 Å². The van der Waals surface area contributed by atoms with E-state index in [1.165, 1.54) is 11.3 Å². The molecule has 0 saturated carbocycles. The van der Waals surface area contributed by atoms with E-state index in [0.717, 1.165) is 15.3 Å². The quantitative estimate of drug-likeness (QED) is 0.226. The number of thiophene rings is 1. The van der Waals surface area contributed by atoms with E-state index in [2.05, 4.69) is 0 Å². The van der Waals surface area contributed by atoms with Crippen molar-refractivity contribution in [3.8, 4) is 10.4 Å². The number of benzene rings is 3. The maximum atomic E-state index is 13.6. The first-order chi connectivity index (χ1) is 15.9. The highest BCUT2D eigenvalue weighted by Crippen LogP contribution is 2.45. The number of amides is 2. The average molecular weight is 492 g/mol. The molecule has 0 bridgehead atoms. The van der Waals surface area contributed by atoms with E-state index in [1.807, 2.05) is 19.1 Å². The van der Waals surface area contributed by atoms with Gasteiger partial charge in [-0.25, -0.2) is 4.90 Å². The van der Waals surface area contributed by atoms with Crippen LogP contribution in [0.15, 0.2) is 72.8 Å². The van der Waals surface area contributed by atoms with Crippen molar-refractivity contribution in [1.82, 2.24) is 0 Å². The van der Waals surface area contributed by atoms with Crippen molar-refractivity contribution in [1.29, 1.82) is 0 Å². The molecule has 0 aliphatic carbocycles. The van der Waals surface area contributed by atoms with Gasteiger partial charge in [0.15, 0.2) is 5.78 Å². The van der Waals surface area contributed by atoms with Crippen molar-refractivity contribution >= 4 is 57.1 Å². The molecule has 0 fully saturated rings. The van der Waals surface area contributed by atoms with Gasteiger partial charge in [0.25, 0.3) is 11.8 Å². The second-order valence-electron chi connectivity index (χ2n) is 7.57. The molecule has 0 saturated heterocycles. The molecule has 2 heterocycles. The van der Waals surface area contributed by atoms with Gasteiger partial charge in [-0.1, -0.05) is 47.5 Å². The zero-order valence-electron chi connectivity index (χ0n) is 17.3. The normalized spacial score (nSPS) is 12.9. The van der Waals surface area contributed by atoms with Crippen LogP contribution in [0.5, 0.6) is 0 Å². The Kier molecular flexibility index (Phi) is 5.41. The number of rotatable bonds is 4. The van der Waals surface area contributed by atoms with Crippen molar-refractivity contribution in [3.63, 3.8) is 0 Å². The number of halogens is 2. The van der Waals surface area contributed by atoms with Crippen LogP contribution in [0.1, 0.15) is 42.2 Å². The predicted molar refractivity (Wildman–Crippen MR) is 132 cm³/mol. The zero-order valence-corrected chi connectivity index (χ0v) is 19.6. The van der Waals surface area contributed by atoms with Gasteiger partial charge >= 0.3 is 0 Å². The molecular weight excluding hydrogens is 477 g/mol. The Hall–Kier alpha value is -3.25. The lowest BCUT2D eigenvalue weighted by molar-refractivity contribution is 0.0927. The van der Waals surface area contributed by atoms with Crippen LogP contribution < -0.4 is 4.90 Å². The Bertz CT molecular complexity index is 1400. The van der Waals surface area contributed by atoms with Crippen LogP contribution in [-0.4, -0.2) is 17.6 Å². The number of hydrogen-bond acceptors (Lipinski definition) is 4. The third-order valence-corrected chi connectivity index (χ3v) is 7.40. The highest BCUT2D eigenvalue weighted by atomic mass is 35.5. The fraction of sp³-hybridized carbons (Fsp3) is 0.0385. The van der Waals surface area contributed by atoms with Gasteiger partial charge in [-0.05, 0) is 66.6 Å². The Balaban J connectivity index is 1.71. The van der Waals surface area contributed by atoms with Gasteiger partial charge in [-0.15, -0.1) is 11.3 Å². The van der Waals surface area contributed by atoms with E-state index in [1.54, 1.807) is 60.7 Å². The number of anilines is 1. The summed E-state index contributed by atoms with van der Waals surface area (Å²) in [6.45, 7) is 1.82. The van der Waals surface area contributed by atoms with E-state index in [-0.39, 0.29) is 5.78 Å². The van der Waals surface area contributed by atoms with Crippen molar-refractivity contribution in [3.05, 3.63) is 111 Å². The van der Waals surface area contributed by atoms with Gasteiger partial charge < -0.3 is 0 Å². The number of imide groups is 1. The SMILES string of the molecule is Cc1c(-c2ccc(Cl)cc2)sc(N2C(=O)c3ccccc3C2=O)c1C(=O)c1ccc(Cl)cc1. The molecule has 0 N–H and O–H groups in total. The van der Waals surface area contributed by atoms with E-state index in [4.69, 9.17) is 23.2 Å². The molecule has 2 amide bonds. The third kappa shape index (κ3) is 3.59. The molecular formula is C26H15Cl2NO3S. The van der Waals surface area contributed by atoms with Crippen LogP contribution in [0.25, 0.3) is 10.4 Å². The van der Waals surface area contributed by atoms with Crippen molar-refractivity contribution in [2.24, 2.45) is 0 Å².